The molecule has 0 bridgehead atoms. The molecule has 0 aliphatic carbocycles. The third-order valence-corrected chi connectivity index (χ3v) is 3.83. The molecule has 0 aliphatic rings. The fourth-order valence-electron chi connectivity index (χ4n) is 2.49. The number of aromatic carboxylic acids is 1. The number of rotatable bonds is 8. The van der Waals surface area contributed by atoms with Gasteiger partial charge in [-0.3, -0.25) is 4.79 Å². The maximum atomic E-state index is 12.4. The Hall–Kier alpha value is -3.19. The van der Waals surface area contributed by atoms with Crippen molar-refractivity contribution >= 4 is 17.8 Å². The number of carbonyl (C=O) groups is 3. The Balaban J connectivity index is 2.10. The molecular weight excluding hydrogens is 338 g/mol. The number of aliphatic carboxylic acids is 1. The van der Waals surface area contributed by atoms with E-state index >= 15 is 0 Å². The molecule has 0 aliphatic heterocycles. The highest BCUT2D eigenvalue weighted by molar-refractivity contribution is 5.88. The lowest BCUT2D eigenvalue weighted by atomic mass is 10.0. The topological polar surface area (TPSA) is 113 Å². The Morgan fingerprint density at radius 1 is 1.00 bits per heavy atom. The van der Waals surface area contributed by atoms with Crippen molar-refractivity contribution < 1.29 is 29.3 Å². The van der Waals surface area contributed by atoms with Crippen molar-refractivity contribution in [1.29, 1.82) is 0 Å². The van der Waals surface area contributed by atoms with Crippen LogP contribution in [-0.4, -0.2) is 41.2 Å². The van der Waals surface area contributed by atoms with Crippen LogP contribution in [0.3, 0.4) is 0 Å². The normalized spacial score (nSPS) is 12.8. The largest absolute Gasteiger partial charge is 0.480 e. The lowest BCUT2D eigenvalue weighted by Crippen LogP contribution is -2.44. The number of carboxylic acids is 2. The van der Waals surface area contributed by atoms with Gasteiger partial charge in [-0.25, -0.2) is 9.59 Å². The predicted octanol–water partition coefficient (Wildman–Crippen LogP) is 1.88. The summed E-state index contributed by atoms with van der Waals surface area (Å²) in [6.45, 7) is 0. The summed E-state index contributed by atoms with van der Waals surface area (Å²) >= 11 is 0. The summed E-state index contributed by atoms with van der Waals surface area (Å²) in [5.74, 6) is -2.82. The molecule has 0 saturated carbocycles. The molecule has 0 radical (unpaired) electrons. The summed E-state index contributed by atoms with van der Waals surface area (Å²) in [5, 5.41) is 20.8. The molecule has 0 unspecified atom stereocenters. The third kappa shape index (κ3) is 4.90. The third-order valence-electron chi connectivity index (χ3n) is 3.83. The van der Waals surface area contributed by atoms with E-state index in [1.807, 2.05) is 0 Å². The molecule has 2 rings (SSSR count). The minimum Gasteiger partial charge on any atom is -0.480 e. The lowest BCUT2D eigenvalue weighted by molar-refractivity contribution is -0.144. The van der Waals surface area contributed by atoms with Crippen molar-refractivity contribution in [2.75, 3.05) is 7.11 Å². The van der Waals surface area contributed by atoms with E-state index in [2.05, 4.69) is 5.32 Å². The highest BCUT2D eigenvalue weighted by atomic mass is 16.5. The number of hydrogen-bond donors (Lipinski definition) is 3. The van der Waals surface area contributed by atoms with Crippen LogP contribution in [0.4, 0.5) is 0 Å². The van der Waals surface area contributed by atoms with Gasteiger partial charge in [-0.05, 0) is 23.3 Å². The Morgan fingerprint density at radius 2 is 1.62 bits per heavy atom. The van der Waals surface area contributed by atoms with E-state index in [1.54, 1.807) is 30.3 Å². The van der Waals surface area contributed by atoms with Gasteiger partial charge in [-0.1, -0.05) is 42.5 Å². The second kappa shape index (κ2) is 8.77. The molecule has 0 heterocycles. The predicted molar refractivity (Wildman–Crippen MR) is 92.9 cm³/mol. The smallest absolute Gasteiger partial charge is 0.335 e. The molecule has 136 valence electrons. The number of benzene rings is 2. The molecule has 0 saturated heterocycles. The SMILES string of the molecule is CO[C@H](C(=O)N[C@H](Cc1ccc(C(=O)O)cc1)C(=O)O)c1ccccc1. The minimum atomic E-state index is -1.19. The van der Waals surface area contributed by atoms with Gasteiger partial charge >= 0.3 is 11.9 Å². The fourth-order valence-corrected chi connectivity index (χ4v) is 2.49. The molecule has 2 atom stereocenters. The molecule has 0 aromatic heterocycles. The van der Waals surface area contributed by atoms with Crippen molar-refractivity contribution in [3.63, 3.8) is 0 Å². The Morgan fingerprint density at radius 3 is 2.12 bits per heavy atom. The average Bonchev–Trinajstić information content (AvgIpc) is 2.63. The number of carboxylic acid groups (broad SMARTS) is 2. The van der Waals surface area contributed by atoms with Gasteiger partial charge in [-0.15, -0.1) is 0 Å². The van der Waals surface area contributed by atoms with E-state index in [4.69, 9.17) is 9.84 Å². The van der Waals surface area contributed by atoms with E-state index in [1.165, 1.54) is 31.4 Å². The fraction of sp³-hybridized carbons (Fsp3) is 0.211. The highest BCUT2D eigenvalue weighted by Gasteiger charge is 2.26. The summed E-state index contributed by atoms with van der Waals surface area (Å²) in [7, 11) is 1.37. The van der Waals surface area contributed by atoms with Gasteiger partial charge in [-0.2, -0.15) is 0 Å². The molecule has 0 spiro atoms. The second-order valence-corrected chi connectivity index (χ2v) is 5.63. The van der Waals surface area contributed by atoms with Crippen LogP contribution >= 0.6 is 0 Å². The van der Waals surface area contributed by atoms with Crippen LogP contribution in [0.15, 0.2) is 54.6 Å². The molecule has 1 amide bonds. The summed E-state index contributed by atoms with van der Waals surface area (Å²) in [4.78, 5) is 34.8. The number of carbonyl (C=O) groups excluding carboxylic acids is 1. The Bertz CT molecular complexity index is 772. The van der Waals surface area contributed by atoms with Crippen molar-refractivity contribution in [2.45, 2.75) is 18.6 Å². The molecule has 26 heavy (non-hydrogen) atoms. The number of nitrogens with one attached hydrogen (secondary N) is 1. The zero-order valence-corrected chi connectivity index (χ0v) is 14.1. The van der Waals surface area contributed by atoms with Crippen molar-refractivity contribution in [2.24, 2.45) is 0 Å². The van der Waals surface area contributed by atoms with Crippen LogP contribution in [0.25, 0.3) is 0 Å². The average molecular weight is 357 g/mol. The molecule has 2 aromatic rings. The molecule has 3 N–H and O–H groups in total. The first-order valence-corrected chi connectivity index (χ1v) is 7.85. The van der Waals surface area contributed by atoms with Crippen molar-refractivity contribution in [3.8, 4) is 0 Å². The molecular formula is C19H19NO6. The maximum absolute atomic E-state index is 12.4. The maximum Gasteiger partial charge on any atom is 0.335 e. The van der Waals surface area contributed by atoms with Crippen LogP contribution in [0.2, 0.25) is 0 Å². The van der Waals surface area contributed by atoms with Gasteiger partial charge in [0.25, 0.3) is 5.91 Å². The summed E-state index contributed by atoms with van der Waals surface area (Å²) in [5.41, 5.74) is 1.31. The highest BCUT2D eigenvalue weighted by Crippen LogP contribution is 2.17. The van der Waals surface area contributed by atoms with Gasteiger partial charge < -0.3 is 20.3 Å². The van der Waals surface area contributed by atoms with Crippen molar-refractivity contribution in [3.05, 3.63) is 71.3 Å². The number of hydrogen-bond acceptors (Lipinski definition) is 4. The van der Waals surface area contributed by atoms with E-state index in [9.17, 15) is 19.5 Å². The first kappa shape index (κ1) is 19.1. The van der Waals surface area contributed by atoms with E-state index < -0.39 is 30.0 Å². The minimum absolute atomic E-state index is 0.0200. The summed E-state index contributed by atoms with van der Waals surface area (Å²) in [6, 6.07) is 13.4. The second-order valence-electron chi connectivity index (χ2n) is 5.63. The van der Waals surface area contributed by atoms with Crippen LogP contribution in [-0.2, 0) is 20.7 Å². The van der Waals surface area contributed by atoms with Gasteiger partial charge in [0.2, 0.25) is 0 Å². The van der Waals surface area contributed by atoms with Gasteiger partial charge in [0.05, 0.1) is 5.56 Å². The molecule has 7 heteroatoms. The zero-order chi connectivity index (χ0) is 19.1. The molecule has 7 nitrogen and oxygen atoms in total. The van der Waals surface area contributed by atoms with Gasteiger partial charge in [0.1, 0.15) is 6.04 Å². The Labute approximate surface area is 150 Å². The van der Waals surface area contributed by atoms with Crippen LogP contribution < -0.4 is 5.32 Å². The first-order valence-electron chi connectivity index (χ1n) is 7.85. The summed E-state index contributed by atoms with van der Waals surface area (Å²) < 4.78 is 5.20. The first-order chi connectivity index (χ1) is 12.4. The van der Waals surface area contributed by atoms with Crippen LogP contribution in [0.5, 0.6) is 0 Å². The van der Waals surface area contributed by atoms with Crippen molar-refractivity contribution in [1.82, 2.24) is 5.32 Å². The Kier molecular flexibility index (Phi) is 6.46. The number of amides is 1. The van der Waals surface area contributed by atoms with Gasteiger partial charge in [0.15, 0.2) is 6.10 Å². The number of methoxy groups -OCH3 is 1. The van der Waals surface area contributed by atoms with E-state index in [0.717, 1.165) is 0 Å². The molecule has 2 aromatic carbocycles. The van der Waals surface area contributed by atoms with E-state index in [-0.39, 0.29) is 12.0 Å². The quantitative estimate of drug-likeness (QED) is 0.665. The lowest BCUT2D eigenvalue weighted by Gasteiger charge is -2.20. The molecule has 0 fully saturated rings. The van der Waals surface area contributed by atoms with Crippen LogP contribution in [0.1, 0.15) is 27.6 Å². The zero-order valence-electron chi connectivity index (χ0n) is 14.1. The summed E-state index contributed by atoms with van der Waals surface area (Å²) in [6.07, 6.45) is -0.904. The van der Waals surface area contributed by atoms with Crippen LogP contribution in [0, 0.1) is 0 Å². The van der Waals surface area contributed by atoms with E-state index in [0.29, 0.717) is 11.1 Å². The monoisotopic (exact) mass is 357 g/mol. The standard InChI is InChI=1S/C19H19NO6/c1-26-16(13-5-3-2-4-6-13)17(21)20-15(19(24)25)11-12-7-9-14(10-8-12)18(22)23/h2-10,15-16H,11H2,1H3,(H,20,21)(H,22,23)(H,24,25)/t15-,16+/m1/s1. The van der Waals surface area contributed by atoms with Gasteiger partial charge in [0, 0.05) is 13.5 Å². The number of ether oxygens (including phenoxy) is 1.